The molecule has 2 rings (SSSR count). The zero-order chi connectivity index (χ0) is 8.55. The highest BCUT2D eigenvalue weighted by Crippen LogP contribution is 2.30. The second-order valence-corrected chi connectivity index (χ2v) is 3.40. The van der Waals surface area contributed by atoms with E-state index in [4.69, 9.17) is 22.1 Å². The minimum absolute atomic E-state index is 0.0809. The molecule has 0 aliphatic carbocycles. The standard InChI is InChI=1S/C9H10ClNO/c10-8-2-1-3-9-7(8)4-6(11)5-12-9/h1-3,6H,4-5,11H2/t6-/m1/s1. The van der Waals surface area contributed by atoms with E-state index in [-0.39, 0.29) is 6.04 Å². The van der Waals surface area contributed by atoms with Crippen LogP contribution >= 0.6 is 11.6 Å². The van der Waals surface area contributed by atoms with Gasteiger partial charge in [0.25, 0.3) is 0 Å². The van der Waals surface area contributed by atoms with E-state index in [1.54, 1.807) is 0 Å². The highest BCUT2D eigenvalue weighted by Gasteiger charge is 2.18. The summed E-state index contributed by atoms with van der Waals surface area (Å²) >= 11 is 5.97. The molecule has 2 nitrogen and oxygen atoms in total. The molecule has 1 aliphatic rings. The summed E-state index contributed by atoms with van der Waals surface area (Å²) in [7, 11) is 0. The lowest BCUT2D eigenvalue weighted by Gasteiger charge is -2.22. The molecular weight excluding hydrogens is 174 g/mol. The first kappa shape index (κ1) is 7.90. The second-order valence-electron chi connectivity index (χ2n) is 2.99. The van der Waals surface area contributed by atoms with Crippen molar-refractivity contribution < 1.29 is 4.74 Å². The second kappa shape index (κ2) is 2.96. The Morgan fingerprint density at radius 2 is 2.33 bits per heavy atom. The Kier molecular flexibility index (Phi) is 1.95. The van der Waals surface area contributed by atoms with Crippen LogP contribution in [0.1, 0.15) is 5.56 Å². The third-order valence-electron chi connectivity index (χ3n) is 2.00. The number of fused-ring (bicyclic) bond motifs is 1. The molecule has 2 N–H and O–H groups in total. The van der Waals surface area contributed by atoms with Crippen LogP contribution in [0.2, 0.25) is 5.02 Å². The molecule has 64 valence electrons. The first-order valence-corrected chi connectivity index (χ1v) is 4.31. The predicted octanol–water partition coefficient (Wildman–Crippen LogP) is 1.60. The number of benzene rings is 1. The van der Waals surface area contributed by atoms with Crippen molar-refractivity contribution in [1.29, 1.82) is 0 Å². The van der Waals surface area contributed by atoms with Crippen molar-refractivity contribution in [2.75, 3.05) is 6.61 Å². The van der Waals surface area contributed by atoms with E-state index in [2.05, 4.69) is 0 Å². The molecule has 0 amide bonds. The molecule has 0 bridgehead atoms. The van der Waals surface area contributed by atoms with Gasteiger partial charge in [0, 0.05) is 16.6 Å². The molecule has 0 radical (unpaired) electrons. The monoisotopic (exact) mass is 183 g/mol. The van der Waals surface area contributed by atoms with Gasteiger partial charge in [-0.3, -0.25) is 0 Å². The third kappa shape index (κ3) is 1.28. The van der Waals surface area contributed by atoms with E-state index < -0.39 is 0 Å². The molecule has 0 saturated heterocycles. The zero-order valence-corrected chi connectivity index (χ0v) is 7.34. The zero-order valence-electron chi connectivity index (χ0n) is 6.59. The fourth-order valence-electron chi connectivity index (χ4n) is 1.39. The number of hydrogen-bond acceptors (Lipinski definition) is 2. The normalized spacial score (nSPS) is 21.3. The molecule has 0 saturated carbocycles. The van der Waals surface area contributed by atoms with Crippen molar-refractivity contribution in [3.05, 3.63) is 28.8 Å². The Labute approximate surface area is 76.3 Å². The van der Waals surface area contributed by atoms with Gasteiger partial charge in [-0.2, -0.15) is 0 Å². The fourth-order valence-corrected chi connectivity index (χ4v) is 1.63. The molecule has 12 heavy (non-hydrogen) atoms. The Bertz CT molecular complexity index is 301. The highest BCUT2D eigenvalue weighted by atomic mass is 35.5. The molecule has 0 unspecified atom stereocenters. The molecule has 3 heteroatoms. The summed E-state index contributed by atoms with van der Waals surface area (Å²) in [5, 5.41) is 0.752. The van der Waals surface area contributed by atoms with Gasteiger partial charge in [0.15, 0.2) is 0 Å². The molecule has 1 aromatic rings. The lowest BCUT2D eigenvalue weighted by Crippen LogP contribution is -2.33. The van der Waals surface area contributed by atoms with E-state index in [0.29, 0.717) is 6.61 Å². The number of hydrogen-bond donors (Lipinski definition) is 1. The topological polar surface area (TPSA) is 35.2 Å². The number of nitrogens with two attached hydrogens (primary N) is 1. The maximum atomic E-state index is 5.97. The average Bonchev–Trinajstić information content (AvgIpc) is 2.07. The summed E-state index contributed by atoms with van der Waals surface area (Å²) in [5.41, 5.74) is 6.77. The lowest BCUT2D eigenvalue weighted by molar-refractivity contribution is 0.263. The van der Waals surface area contributed by atoms with Crippen molar-refractivity contribution in [2.24, 2.45) is 5.73 Å². The molecule has 0 spiro atoms. The van der Waals surface area contributed by atoms with Gasteiger partial charge in [-0.05, 0) is 18.6 Å². The highest BCUT2D eigenvalue weighted by molar-refractivity contribution is 6.31. The first-order chi connectivity index (χ1) is 5.77. The van der Waals surface area contributed by atoms with Gasteiger partial charge in [-0.15, -0.1) is 0 Å². The summed E-state index contributed by atoms with van der Waals surface area (Å²) in [6.07, 6.45) is 0.814. The van der Waals surface area contributed by atoms with E-state index in [0.717, 1.165) is 22.8 Å². The van der Waals surface area contributed by atoms with Gasteiger partial charge in [0.1, 0.15) is 12.4 Å². The minimum Gasteiger partial charge on any atom is -0.492 e. The third-order valence-corrected chi connectivity index (χ3v) is 2.35. The molecule has 1 atom stereocenters. The van der Waals surface area contributed by atoms with E-state index in [1.807, 2.05) is 18.2 Å². The smallest absolute Gasteiger partial charge is 0.124 e. The van der Waals surface area contributed by atoms with Gasteiger partial charge in [0.2, 0.25) is 0 Å². The Morgan fingerprint density at radius 3 is 3.17 bits per heavy atom. The van der Waals surface area contributed by atoms with Crippen molar-refractivity contribution in [1.82, 2.24) is 0 Å². The van der Waals surface area contributed by atoms with Gasteiger partial charge < -0.3 is 10.5 Å². The molecule has 0 fully saturated rings. The average molecular weight is 184 g/mol. The number of halogens is 1. The molecular formula is C9H10ClNO. The van der Waals surface area contributed by atoms with Crippen molar-refractivity contribution in [3.8, 4) is 5.75 Å². The van der Waals surface area contributed by atoms with E-state index in [1.165, 1.54) is 0 Å². The van der Waals surface area contributed by atoms with E-state index in [9.17, 15) is 0 Å². The molecule has 1 aromatic carbocycles. The lowest BCUT2D eigenvalue weighted by atomic mass is 10.0. The first-order valence-electron chi connectivity index (χ1n) is 3.93. The SMILES string of the molecule is N[C@H]1COc2cccc(Cl)c2C1. The maximum Gasteiger partial charge on any atom is 0.124 e. The minimum atomic E-state index is 0.0809. The number of rotatable bonds is 0. The van der Waals surface area contributed by atoms with Crippen LogP contribution in [0, 0.1) is 0 Å². The maximum absolute atomic E-state index is 5.97. The van der Waals surface area contributed by atoms with Crippen molar-refractivity contribution >= 4 is 11.6 Å². The van der Waals surface area contributed by atoms with Crippen LogP contribution in [0.25, 0.3) is 0 Å². The van der Waals surface area contributed by atoms with Gasteiger partial charge in [-0.1, -0.05) is 17.7 Å². The van der Waals surface area contributed by atoms with Crippen LogP contribution in [0.15, 0.2) is 18.2 Å². The molecule has 1 heterocycles. The van der Waals surface area contributed by atoms with Crippen LogP contribution in [0.3, 0.4) is 0 Å². The van der Waals surface area contributed by atoms with Crippen molar-refractivity contribution in [3.63, 3.8) is 0 Å². The van der Waals surface area contributed by atoms with Gasteiger partial charge in [0.05, 0.1) is 0 Å². The van der Waals surface area contributed by atoms with Crippen molar-refractivity contribution in [2.45, 2.75) is 12.5 Å². The van der Waals surface area contributed by atoms with Crippen LogP contribution in [0.4, 0.5) is 0 Å². The largest absolute Gasteiger partial charge is 0.492 e. The van der Waals surface area contributed by atoms with Crippen LogP contribution in [0.5, 0.6) is 5.75 Å². The van der Waals surface area contributed by atoms with Crippen LogP contribution in [-0.2, 0) is 6.42 Å². The summed E-state index contributed by atoms with van der Waals surface area (Å²) < 4.78 is 5.41. The Balaban J connectivity index is 2.43. The molecule has 1 aliphatic heterocycles. The summed E-state index contributed by atoms with van der Waals surface area (Å²) in [6, 6.07) is 5.75. The summed E-state index contributed by atoms with van der Waals surface area (Å²) in [4.78, 5) is 0. The molecule has 0 aromatic heterocycles. The Morgan fingerprint density at radius 1 is 1.50 bits per heavy atom. The van der Waals surface area contributed by atoms with Gasteiger partial charge >= 0.3 is 0 Å². The Hall–Kier alpha value is -0.730. The fraction of sp³-hybridized carbons (Fsp3) is 0.333. The number of ether oxygens (including phenoxy) is 1. The predicted molar refractivity (Wildman–Crippen MR) is 48.6 cm³/mol. The van der Waals surface area contributed by atoms with E-state index >= 15 is 0 Å². The van der Waals surface area contributed by atoms with Crippen LogP contribution < -0.4 is 10.5 Å². The summed E-state index contributed by atoms with van der Waals surface area (Å²) in [6.45, 7) is 0.591. The van der Waals surface area contributed by atoms with Gasteiger partial charge in [-0.25, -0.2) is 0 Å². The summed E-state index contributed by atoms with van der Waals surface area (Å²) in [5.74, 6) is 0.879. The quantitative estimate of drug-likeness (QED) is 0.663. The van der Waals surface area contributed by atoms with Crippen LogP contribution in [-0.4, -0.2) is 12.6 Å².